The zero-order valence-electron chi connectivity index (χ0n) is 17.8. The van der Waals surface area contributed by atoms with E-state index in [0.29, 0.717) is 35.5 Å². The highest BCUT2D eigenvalue weighted by Gasteiger charge is 2.34. The van der Waals surface area contributed by atoms with Crippen LogP contribution in [-0.2, 0) is 11.1 Å². The molecule has 0 aliphatic rings. The van der Waals surface area contributed by atoms with Gasteiger partial charge in [0, 0.05) is 29.7 Å². The lowest BCUT2D eigenvalue weighted by atomic mass is 10.2. The zero-order chi connectivity index (χ0) is 20.0. The van der Waals surface area contributed by atoms with E-state index >= 15 is 0 Å². The predicted octanol–water partition coefficient (Wildman–Crippen LogP) is 5.82. The number of ether oxygens (including phenoxy) is 1. The summed E-state index contributed by atoms with van der Waals surface area (Å²) in [7, 11) is 0.550. The molecule has 0 radical (unpaired) electrons. The summed E-state index contributed by atoms with van der Waals surface area (Å²) in [5, 5.41) is 0. The molecule has 0 amide bonds. The molecular formula is C20H36FN2O2P. The average Bonchev–Trinajstić information content (AvgIpc) is 2.52. The molecule has 0 aromatic heterocycles. The van der Waals surface area contributed by atoms with Gasteiger partial charge < -0.3 is 9.26 Å². The van der Waals surface area contributed by atoms with E-state index in [0.717, 1.165) is 0 Å². The van der Waals surface area contributed by atoms with Crippen molar-refractivity contribution in [3.63, 3.8) is 0 Å². The summed E-state index contributed by atoms with van der Waals surface area (Å²) >= 11 is 0. The van der Waals surface area contributed by atoms with Crippen molar-refractivity contribution in [1.29, 1.82) is 0 Å². The lowest BCUT2D eigenvalue weighted by molar-refractivity contribution is 0.180. The Kier molecular flexibility index (Phi) is 9.46. The molecule has 0 aliphatic carbocycles. The zero-order valence-corrected chi connectivity index (χ0v) is 18.7. The van der Waals surface area contributed by atoms with E-state index in [1.54, 1.807) is 19.2 Å². The van der Waals surface area contributed by atoms with Crippen molar-refractivity contribution < 1.29 is 13.7 Å². The SMILES string of the molecule is COc1ccc(F)c(COP(N(C(C)C)C(C)C)N(C(C)C)C(C)C)c1. The van der Waals surface area contributed by atoms with E-state index in [1.165, 1.54) is 6.07 Å². The molecule has 150 valence electrons. The molecule has 0 heterocycles. The molecule has 26 heavy (non-hydrogen) atoms. The highest BCUT2D eigenvalue weighted by atomic mass is 31.2. The van der Waals surface area contributed by atoms with Crippen LogP contribution in [0.15, 0.2) is 18.2 Å². The molecule has 0 atom stereocenters. The Morgan fingerprint density at radius 2 is 1.35 bits per heavy atom. The quantitative estimate of drug-likeness (QED) is 0.473. The van der Waals surface area contributed by atoms with Crippen LogP contribution in [0.4, 0.5) is 4.39 Å². The predicted molar refractivity (Wildman–Crippen MR) is 109 cm³/mol. The smallest absolute Gasteiger partial charge is 0.189 e. The molecule has 1 aromatic rings. The average molecular weight is 386 g/mol. The second-order valence-corrected chi connectivity index (χ2v) is 9.31. The largest absolute Gasteiger partial charge is 0.497 e. The van der Waals surface area contributed by atoms with E-state index in [1.807, 2.05) is 0 Å². The van der Waals surface area contributed by atoms with Gasteiger partial charge in [-0.25, -0.2) is 13.7 Å². The van der Waals surface area contributed by atoms with Crippen LogP contribution in [0.1, 0.15) is 61.0 Å². The van der Waals surface area contributed by atoms with Gasteiger partial charge in [0.1, 0.15) is 11.6 Å². The van der Waals surface area contributed by atoms with Gasteiger partial charge in [0.2, 0.25) is 0 Å². The molecular weight excluding hydrogens is 350 g/mol. The number of nitrogens with zero attached hydrogens (tertiary/aromatic N) is 2. The van der Waals surface area contributed by atoms with Crippen LogP contribution in [0, 0.1) is 5.82 Å². The van der Waals surface area contributed by atoms with Crippen molar-refractivity contribution in [1.82, 2.24) is 9.34 Å². The van der Waals surface area contributed by atoms with Gasteiger partial charge in [0.25, 0.3) is 0 Å². The van der Waals surface area contributed by atoms with Gasteiger partial charge in [0.15, 0.2) is 8.45 Å². The van der Waals surface area contributed by atoms with E-state index in [4.69, 9.17) is 9.26 Å². The highest BCUT2D eigenvalue weighted by Crippen LogP contribution is 2.51. The number of rotatable bonds is 10. The molecule has 1 aromatic carbocycles. The van der Waals surface area contributed by atoms with Crippen LogP contribution in [0.3, 0.4) is 0 Å². The van der Waals surface area contributed by atoms with Crippen LogP contribution >= 0.6 is 8.45 Å². The Morgan fingerprint density at radius 1 is 0.885 bits per heavy atom. The highest BCUT2D eigenvalue weighted by molar-refractivity contribution is 7.47. The van der Waals surface area contributed by atoms with Crippen LogP contribution in [0.5, 0.6) is 5.75 Å². The van der Waals surface area contributed by atoms with Gasteiger partial charge in [0.05, 0.1) is 13.7 Å². The van der Waals surface area contributed by atoms with Crippen molar-refractivity contribution >= 4 is 8.45 Å². The normalized spacial score (nSPS) is 12.7. The number of hydrogen-bond acceptors (Lipinski definition) is 4. The van der Waals surface area contributed by atoms with Crippen LogP contribution in [0.2, 0.25) is 0 Å². The summed E-state index contributed by atoms with van der Waals surface area (Å²) in [5.74, 6) is 0.380. The number of methoxy groups -OCH3 is 1. The minimum absolute atomic E-state index is 0.223. The Morgan fingerprint density at radius 3 is 1.73 bits per heavy atom. The van der Waals surface area contributed by atoms with Gasteiger partial charge in [-0.05, 0) is 73.6 Å². The minimum Gasteiger partial charge on any atom is -0.497 e. The van der Waals surface area contributed by atoms with Crippen molar-refractivity contribution in [2.24, 2.45) is 0 Å². The Hall–Kier alpha value is -0.740. The molecule has 0 N–H and O–H groups in total. The van der Waals surface area contributed by atoms with Gasteiger partial charge in [-0.15, -0.1) is 0 Å². The molecule has 0 bridgehead atoms. The maximum absolute atomic E-state index is 14.2. The Balaban J connectivity index is 3.16. The molecule has 0 saturated heterocycles. The molecule has 6 heteroatoms. The molecule has 0 aliphatic heterocycles. The summed E-state index contributed by atoms with van der Waals surface area (Å²) in [6, 6.07) is 6.10. The number of hydrogen-bond donors (Lipinski definition) is 0. The standard InChI is InChI=1S/C20H36FN2O2P/c1-14(2)22(15(3)4)26(23(16(5)6)17(7)8)25-13-18-12-19(24-9)10-11-20(18)21/h10-12,14-17H,13H2,1-9H3. The fraction of sp³-hybridized carbons (Fsp3) is 0.700. The van der Waals surface area contributed by atoms with E-state index < -0.39 is 8.45 Å². The van der Waals surface area contributed by atoms with Gasteiger partial charge >= 0.3 is 0 Å². The monoisotopic (exact) mass is 386 g/mol. The molecule has 1 rings (SSSR count). The fourth-order valence-electron chi connectivity index (χ4n) is 3.15. The summed E-state index contributed by atoms with van der Waals surface area (Å²) in [4.78, 5) is 0. The van der Waals surface area contributed by atoms with Crippen molar-refractivity contribution in [3.05, 3.63) is 29.6 Å². The fourth-order valence-corrected chi connectivity index (χ4v) is 5.49. The summed E-state index contributed by atoms with van der Waals surface area (Å²) < 4.78 is 30.7. The van der Waals surface area contributed by atoms with Crippen LogP contribution in [-0.4, -0.2) is 40.6 Å². The van der Waals surface area contributed by atoms with Gasteiger partial charge in [-0.3, -0.25) is 0 Å². The van der Waals surface area contributed by atoms with Gasteiger partial charge in [-0.1, -0.05) is 0 Å². The molecule has 0 saturated carbocycles. The van der Waals surface area contributed by atoms with Crippen LogP contribution in [0.25, 0.3) is 0 Å². The maximum Gasteiger partial charge on any atom is 0.189 e. The van der Waals surface area contributed by atoms with Crippen LogP contribution < -0.4 is 4.74 Å². The van der Waals surface area contributed by atoms with Crippen molar-refractivity contribution in [2.45, 2.75) is 86.2 Å². The molecule has 0 unspecified atom stereocenters. The first-order chi connectivity index (χ1) is 12.1. The van der Waals surface area contributed by atoms with Gasteiger partial charge in [-0.2, -0.15) is 0 Å². The second-order valence-electron chi connectivity index (χ2n) is 7.62. The summed E-state index contributed by atoms with van der Waals surface area (Å²) in [5.41, 5.74) is 0.525. The first-order valence-corrected chi connectivity index (χ1v) is 10.6. The first-order valence-electron chi connectivity index (χ1n) is 9.42. The maximum atomic E-state index is 14.2. The Bertz CT molecular complexity index is 517. The third-order valence-corrected chi connectivity index (χ3v) is 7.10. The van der Waals surface area contributed by atoms with E-state index in [9.17, 15) is 4.39 Å². The number of halogens is 1. The molecule has 0 spiro atoms. The molecule has 4 nitrogen and oxygen atoms in total. The van der Waals surface area contributed by atoms with E-state index in [2.05, 4.69) is 64.7 Å². The third kappa shape index (κ3) is 6.16. The lowest BCUT2D eigenvalue weighted by Crippen LogP contribution is -2.43. The topological polar surface area (TPSA) is 24.9 Å². The van der Waals surface area contributed by atoms with Crippen molar-refractivity contribution in [2.75, 3.05) is 7.11 Å². The summed E-state index contributed by atoms with van der Waals surface area (Å²) in [6.45, 7) is 17.7. The lowest BCUT2D eigenvalue weighted by Gasteiger charge is -2.45. The van der Waals surface area contributed by atoms with Crippen molar-refractivity contribution in [3.8, 4) is 5.75 Å². The second kappa shape index (κ2) is 10.6. The summed E-state index contributed by atoms with van der Waals surface area (Å²) in [6.07, 6.45) is 0. The Labute approximate surface area is 160 Å². The number of benzene rings is 1. The minimum atomic E-state index is -1.04. The third-order valence-electron chi connectivity index (χ3n) is 4.10. The molecule has 0 fully saturated rings. The first kappa shape index (κ1) is 23.3. The van der Waals surface area contributed by atoms with E-state index in [-0.39, 0.29) is 12.4 Å².